The first-order valence-corrected chi connectivity index (χ1v) is 9.85. The van der Waals surface area contributed by atoms with Crippen LogP contribution in [0, 0.1) is 6.92 Å². The lowest BCUT2D eigenvalue weighted by molar-refractivity contribution is -0.130. The van der Waals surface area contributed by atoms with Gasteiger partial charge in [0, 0.05) is 38.3 Å². The fraction of sp³-hybridized carbons (Fsp3) is 0.476. The van der Waals surface area contributed by atoms with Crippen molar-refractivity contribution < 1.29 is 14.0 Å². The average Bonchev–Trinajstić information content (AvgIpc) is 2.89. The maximum absolute atomic E-state index is 12.8. The van der Waals surface area contributed by atoms with Crippen molar-refractivity contribution in [2.24, 2.45) is 0 Å². The third-order valence-electron chi connectivity index (χ3n) is 4.91. The van der Waals surface area contributed by atoms with Crippen LogP contribution < -0.4 is 5.32 Å². The monoisotopic (exact) mass is 384 g/mol. The Kier molecular flexibility index (Phi) is 6.81. The Morgan fingerprint density at radius 1 is 1.14 bits per heavy atom. The number of benzene rings is 1. The molecule has 0 saturated carbocycles. The summed E-state index contributed by atoms with van der Waals surface area (Å²) in [5, 5.41) is 2.82. The second-order valence-corrected chi connectivity index (χ2v) is 7.03. The van der Waals surface area contributed by atoms with E-state index in [9.17, 15) is 9.59 Å². The summed E-state index contributed by atoms with van der Waals surface area (Å²) in [5.74, 6) is 1.31. The minimum atomic E-state index is 0.0361. The zero-order valence-electron chi connectivity index (χ0n) is 16.6. The van der Waals surface area contributed by atoms with Crippen LogP contribution in [0.4, 0.5) is 0 Å². The van der Waals surface area contributed by atoms with E-state index in [4.69, 9.17) is 4.42 Å². The van der Waals surface area contributed by atoms with Crippen LogP contribution in [0.25, 0.3) is 11.5 Å². The van der Waals surface area contributed by atoms with Crippen molar-refractivity contribution in [2.75, 3.05) is 39.3 Å². The summed E-state index contributed by atoms with van der Waals surface area (Å²) in [4.78, 5) is 33.1. The van der Waals surface area contributed by atoms with E-state index in [1.807, 2.05) is 49.1 Å². The molecule has 2 amide bonds. The summed E-state index contributed by atoms with van der Waals surface area (Å²) in [7, 11) is 0. The number of nitrogens with zero attached hydrogens (tertiary/aromatic N) is 3. The molecule has 0 atom stereocenters. The van der Waals surface area contributed by atoms with Gasteiger partial charge in [-0.1, -0.05) is 18.2 Å². The highest BCUT2D eigenvalue weighted by atomic mass is 16.4. The van der Waals surface area contributed by atoms with Crippen molar-refractivity contribution in [2.45, 2.75) is 26.7 Å². The summed E-state index contributed by atoms with van der Waals surface area (Å²) in [6, 6.07) is 9.69. The van der Waals surface area contributed by atoms with Crippen LogP contribution in [0.15, 0.2) is 34.7 Å². The van der Waals surface area contributed by atoms with Gasteiger partial charge in [0.2, 0.25) is 17.7 Å². The number of carbonyl (C=O) groups is 2. The van der Waals surface area contributed by atoms with Gasteiger partial charge < -0.3 is 14.6 Å². The Balaban J connectivity index is 1.58. The molecule has 2 aromatic rings. The first-order chi connectivity index (χ1) is 13.6. The molecule has 0 radical (unpaired) electrons. The standard InChI is InChI=1S/C21H28N4O3/c1-3-22-19(26)15-24-10-7-11-25(13-12-24)20(27)14-18-16(2)28-21(23-18)17-8-5-4-6-9-17/h4-6,8-9H,3,7,10-15H2,1-2H3,(H,22,26). The Labute approximate surface area is 165 Å². The molecule has 7 nitrogen and oxygen atoms in total. The molecular formula is C21H28N4O3. The van der Waals surface area contributed by atoms with E-state index in [1.165, 1.54) is 0 Å². The smallest absolute Gasteiger partial charge is 0.234 e. The zero-order valence-corrected chi connectivity index (χ0v) is 16.6. The van der Waals surface area contributed by atoms with Gasteiger partial charge in [0.15, 0.2) is 0 Å². The van der Waals surface area contributed by atoms with E-state index >= 15 is 0 Å². The maximum Gasteiger partial charge on any atom is 0.234 e. The summed E-state index contributed by atoms with van der Waals surface area (Å²) in [6.45, 7) is 7.64. The number of aryl methyl sites for hydroxylation is 1. The molecule has 1 aromatic carbocycles. The third-order valence-corrected chi connectivity index (χ3v) is 4.91. The van der Waals surface area contributed by atoms with Crippen molar-refractivity contribution in [3.63, 3.8) is 0 Å². The largest absolute Gasteiger partial charge is 0.441 e. The highest BCUT2D eigenvalue weighted by molar-refractivity contribution is 5.79. The predicted octanol–water partition coefficient (Wildman–Crippen LogP) is 1.86. The number of carbonyl (C=O) groups excluding carboxylic acids is 2. The van der Waals surface area contributed by atoms with Crippen LogP contribution >= 0.6 is 0 Å². The van der Waals surface area contributed by atoms with Gasteiger partial charge in [-0.2, -0.15) is 0 Å². The number of hydrogen-bond acceptors (Lipinski definition) is 5. The minimum Gasteiger partial charge on any atom is -0.441 e. The fourth-order valence-corrected chi connectivity index (χ4v) is 3.39. The summed E-state index contributed by atoms with van der Waals surface area (Å²) < 4.78 is 5.76. The van der Waals surface area contributed by atoms with Crippen molar-refractivity contribution in [1.29, 1.82) is 0 Å². The molecule has 1 aliphatic heterocycles. The average molecular weight is 384 g/mol. The van der Waals surface area contributed by atoms with Gasteiger partial charge in [-0.05, 0) is 32.4 Å². The highest BCUT2D eigenvalue weighted by Crippen LogP contribution is 2.22. The molecule has 28 heavy (non-hydrogen) atoms. The Hall–Kier alpha value is -2.67. The van der Waals surface area contributed by atoms with Crippen LogP contribution in [0.2, 0.25) is 0 Å². The molecule has 7 heteroatoms. The summed E-state index contributed by atoms with van der Waals surface area (Å²) >= 11 is 0. The van der Waals surface area contributed by atoms with E-state index in [2.05, 4.69) is 15.2 Å². The molecule has 3 rings (SSSR count). The maximum atomic E-state index is 12.8. The van der Waals surface area contributed by atoms with E-state index in [0.29, 0.717) is 50.1 Å². The van der Waals surface area contributed by atoms with Crippen LogP contribution in [-0.2, 0) is 16.0 Å². The lowest BCUT2D eigenvalue weighted by Gasteiger charge is -2.21. The normalized spacial score (nSPS) is 15.3. The highest BCUT2D eigenvalue weighted by Gasteiger charge is 2.22. The Morgan fingerprint density at radius 2 is 1.93 bits per heavy atom. The van der Waals surface area contributed by atoms with Crippen molar-refractivity contribution >= 4 is 11.8 Å². The summed E-state index contributed by atoms with van der Waals surface area (Å²) in [6.07, 6.45) is 1.09. The van der Waals surface area contributed by atoms with Gasteiger partial charge in [-0.25, -0.2) is 4.98 Å². The molecule has 1 aliphatic rings. The van der Waals surface area contributed by atoms with Crippen LogP contribution in [0.5, 0.6) is 0 Å². The van der Waals surface area contributed by atoms with E-state index in [1.54, 1.807) is 0 Å². The quantitative estimate of drug-likeness (QED) is 0.823. The Morgan fingerprint density at radius 3 is 2.68 bits per heavy atom. The van der Waals surface area contributed by atoms with Crippen LogP contribution in [0.3, 0.4) is 0 Å². The van der Waals surface area contributed by atoms with E-state index in [0.717, 1.165) is 18.5 Å². The van der Waals surface area contributed by atoms with E-state index < -0.39 is 0 Å². The topological polar surface area (TPSA) is 78.7 Å². The van der Waals surface area contributed by atoms with E-state index in [-0.39, 0.29) is 18.2 Å². The predicted molar refractivity (Wildman–Crippen MR) is 107 cm³/mol. The zero-order chi connectivity index (χ0) is 19.9. The number of amides is 2. The fourth-order valence-electron chi connectivity index (χ4n) is 3.39. The van der Waals surface area contributed by atoms with Crippen molar-refractivity contribution in [3.05, 3.63) is 41.8 Å². The molecule has 1 aromatic heterocycles. The molecule has 0 bridgehead atoms. The molecule has 2 heterocycles. The first-order valence-electron chi connectivity index (χ1n) is 9.85. The van der Waals surface area contributed by atoms with Gasteiger partial charge in [0.05, 0.1) is 18.7 Å². The number of hydrogen-bond donors (Lipinski definition) is 1. The number of oxazole rings is 1. The molecule has 1 N–H and O–H groups in total. The first kappa shape index (κ1) is 20.1. The second kappa shape index (κ2) is 9.50. The molecule has 1 fully saturated rings. The van der Waals surface area contributed by atoms with Crippen molar-refractivity contribution in [3.8, 4) is 11.5 Å². The second-order valence-electron chi connectivity index (χ2n) is 7.03. The third kappa shape index (κ3) is 5.19. The lowest BCUT2D eigenvalue weighted by atomic mass is 10.2. The number of rotatable bonds is 6. The van der Waals surface area contributed by atoms with Gasteiger partial charge in [0.25, 0.3) is 0 Å². The minimum absolute atomic E-state index is 0.0361. The van der Waals surface area contributed by atoms with Crippen LogP contribution in [-0.4, -0.2) is 65.9 Å². The molecular weight excluding hydrogens is 356 g/mol. The number of likely N-dealkylation sites (N-methyl/N-ethyl adjacent to an activating group) is 1. The van der Waals surface area contributed by atoms with Crippen LogP contribution in [0.1, 0.15) is 24.8 Å². The molecule has 0 spiro atoms. The summed E-state index contributed by atoms with van der Waals surface area (Å²) in [5.41, 5.74) is 1.59. The van der Waals surface area contributed by atoms with Gasteiger partial charge in [-0.3, -0.25) is 14.5 Å². The Bertz CT molecular complexity index is 803. The molecule has 150 valence electrons. The van der Waals surface area contributed by atoms with Gasteiger partial charge in [0.1, 0.15) is 5.76 Å². The molecule has 0 aliphatic carbocycles. The molecule has 1 saturated heterocycles. The SMILES string of the molecule is CCNC(=O)CN1CCCN(C(=O)Cc2nc(-c3ccccc3)oc2C)CC1. The number of aromatic nitrogens is 1. The molecule has 0 unspecified atom stereocenters. The number of nitrogens with one attached hydrogen (secondary N) is 1. The van der Waals surface area contributed by atoms with Gasteiger partial charge in [-0.15, -0.1) is 0 Å². The van der Waals surface area contributed by atoms with Gasteiger partial charge >= 0.3 is 0 Å². The lowest BCUT2D eigenvalue weighted by Crippen LogP contribution is -2.40. The van der Waals surface area contributed by atoms with Crippen molar-refractivity contribution in [1.82, 2.24) is 20.1 Å².